The first-order valence-electron chi connectivity index (χ1n) is 31.5. The van der Waals surface area contributed by atoms with Crippen LogP contribution < -0.4 is 24.6 Å². The zero-order valence-corrected chi connectivity index (χ0v) is 60.0. The van der Waals surface area contributed by atoms with Gasteiger partial charge in [-0.05, 0) is 113 Å². The Morgan fingerprint density at radius 1 is 0.582 bits per heavy atom. The molecule has 98 heavy (non-hydrogen) atoms. The standard InChI is InChI=1S/C33H35N7O3S2.C29H33N7O4S.C8H11NO2S/c1-21-6-9-25(10-7-21)45(42,43)40-15-13-22(17-29(41)30-19-35-31(44-30)33(2,3)4)26-11-8-23(16-28(26)40)27-12-14-34-32(38-27)37-24-18-36-39(5)20-24;1-19-6-9-22(10-7-19)41(38,39)36-15-13-25(34-28(37)40-29(2,3)4)23-11-8-20(16-26(23)36)24-12-14-30-27(33-24)32-21-17-31-35(5)18-21;1-8(2,3)7-9-4-5(12-7)6(10)11/h6-12,14,16,18-20,22H,13,15,17H2,1-5H3,(H,34,37,38);6-12,14,16-18,25H,13,15H2,1-5H3,(H,34,37)(H,30,32,33);4H,1-3H3,(H,10,11). The first-order chi connectivity index (χ1) is 46.2. The second-order valence-electron chi connectivity index (χ2n) is 26.9. The summed E-state index contributed by atoms with van der Waals surface area (Å²) in [4.78, 5) is 64.5. The smallest absolute Gasteiger partial charge is 0.408 e. The van der Waals surface area contributed by atoms with Gasteiger partial charge < -0.3 is 25.8 Å². The van der Waals surface area contributed by atoms with Crippen LogP contribution in [0.15, 0.2) is 156 Å². The Balaban J connectivity index is 0.000000182. The third kappa shape index (κ3) is 17.1. The van der Waals surface area contributed by atoms with Crippen molar-refractivity contribution in [2.45, 2.75) is 134 Å². The van der Waals surface area contributed by atoms with Crippen LogP contribution in [0.2, 0.25) is 0 Å². The van der Waals surface area contributed by atoms with Crippen LogP contribution in [0.1, 0.15) is 145 Å². The third-order valence-corrected chi connectivity index (χ3v) is 22.2. The van der Waals surface area contributed by atoms with Crippen molar-refractivity contribution in [3.8, 4) is 22.5 Å². The lowest BCUT2D eigenvalue weighted by Gasteiger charge is -2.36. The molecule has 4 N–H and O–H groups in total. The molecule has 0 spiro atoms. The number of benzene rings is 4. The molecule has 2 aliphatic heterocycles. The number of carbonyl (C=O) groups excluding carboxylic acids is 2. The summed E-state index contributed by atoms with van der Waals surface area (Å²) in [6.07, 6.45) is 13.9. The van der Waals surface area contributed by atoms with Gasteiger partial charge in [-0.3, -0.25) is 22.8 Å². The molecule has 2 aliphatic rings. The molecule has 6 aromatic heterocycles. The van der Waals surface area contributed by atoms with Gasteiger partial charge >= 0.3 is 12.1 Å². The number of amides is 1. The fourth-order valence-corrected chi connectivity index (χ4v) is 15.4. The van der Waals surface area contributed by atoms with E-state index in [9.17, 15) is 31.2 Å². The highest BCUT2D eigenvalue weighted by molar-refractivity contribution is 7.93. The number of carbonyl (C=O) groups is 3. The normalized spacial score (nSPS) is 14.7. The van der Waals surface area contributed by atoms with Gasteiger partial charge in [-0.1, -0.05) is 101 Å². The van der Waals surface area contributed by atoms with E-state index >= 15 is 0 Å². The quantitative estimate of drug-likeness (QED) is 0.0693. The van der Waals surface area contributed by atoms with Gasteiger partial charge in [0.15, 0.2) is 5.78 Å². The SMILES string of the molecule is CC(C)(C)c1ncc(C(=O)O)s1.Cc1ccc(S(=O)(=O)N2CCC(CC(=O)c3cnc(C(C)(C)C)s3)c3ccc(-c4ccnc(Nc5cnn(C)c5)n4)cc32)cc1.Cc1ccc(S(=O)(=O)N2CCC(NC(=O)OC(C)(C)C)c3ccc(-c4ccnc(Nc5cnn(C)c5)n4)cc32)cc1. The lowest BCUT2D eigenvalue weighted by molar-refractivity contribution is 0.0500. The first kappa shape index (κ1) is 71.0. The number of rotatable bonds is 15. The molecule has 2 unspecified atom stereocenters. The van der Waals surface area contributed by atoms with E-state index in [0.29, 0.717) is 68.4 Å². The molecule has 2 atom stereocenters. The summed E-state index contributed by atoms with van der Waals surface area (Å²) in [7, 11) is -4.11. The van der Waals surface area contributed by atoms with Crippen LogP contribution in [0.3, 0.4) is 0 Å². The Labute approximate surface area is 578 Å². The number of carboxylic acid groups (broad SMARTS) is 1. The third-order valence-electron chi connectivity index (χ3n) is 15.7. The number of thiazole rings is 2. The van der Waals surface area contributed by atoms with Crippen molar-refractivity contribution < 1.29 is 41.1 Å². The van der Waals surface area contributed by atoms with E-state index in [1.807, 2.05) is 85.2 Å². The topological polar surface area (TPSA) is 304 Å². The lowest BCUT2D eigenvalue weighted by atomic mass is 9.86. The van der Waals surface area contributed by atoms with Crippen LogP contribution >= 0.6 is 22.7 Å². The number of sulfonamides is 2. The van der Waals surface area contributed by atoms with E-state index < -0.39 is 43.8 Å². The number of hydrogen-bond donors (Lipinski definition) is 4. The summed E-state index contributed by atoms with van der Waals surface area (Å²) in [5.74, 6) is -0.269. The number of hydrogen-bond acceptors (Lipinski definition) is 20. The molecule has 8 heterocycles. The number of ether oxygens (including phenoxy) is 1. The van der Waals surface area contributed by atoms with Gasteiger partial charge in [0.1, 0.15) is 10.5 Å². The predicted molar refractivity (Wildman–Crippen MR) is 381 cm³/mol. The van der Waals surface area contributed by atoms with E-state index in [0.717, 1.165) is 43.6 Å². The number of fused-ring (bicyclic) bond motifs is 2. The minimum Gasteiger partial charge on any atom is -0.477 e. The highest BCUT2D eigenvalue weighted by atomic mass is 32.2. The molecule has 4 aromatic carbocycles. The van der Waals surface area contributed by atoms with E-state index in [2.05, 4.69) is 71.8 Å². The van der Waals surface area contributed by atoms with E-state index in [-0.39, 0.29) is 51.8 Å². The minimum absolute atomic E-state index is 0.0137. The van der Waals surface area contributed by atoms with Gasteiger partial charge in [0.2, 0.25) is 11.9 Å². The molecule has 0 saturated carbocycles. The molecule has 10 aromatic rings. The van der Waals surface area contributed by atoms with Gasteiger partial charge in [0.05, 0.1) is 83.5 Å². The highest BCUT2D eigenvalue weighted by Gasteiger charge is 2.37. The average molecular weight is 1400 g/mol. The first-order valence-corrected chi connectivity index (χ1v) is 36.0. The van der Waals surface area contributed by atoms with Crippen LogP contribution in [-0.4, -0.2) is 108 Å². The van der Waals surface area contributed by atoms with E-state index in [1.54, 1.807) is 134 Å². The van der Waals surface area contributed by atoms with Gasteiger partial charge in [0.25, 0.3) is 20.0 Å². The summed E-state index contributed by atoms with van der Waals surface area (Å²) >= 11 is 2.67. The molecule has 1 amide bonds. The Morgan fingerprint density at radius 2 is 1.03 bits per heavy atom. The molecule has 0 saturated heterocycles. The molecule has 12 rings (SSSR count). The number of aromatic nitrogens is 10. The number of aryl methyl sites for hydroxylation is 4. The molecule has 0 bridgehead atoms. The number of nitrogens with one attached hydrogen (secondary N) is 3. The van der Waals surface area contributed by atoms with Crippen LogP contribution in [0, 0.1) is 13.8 Å². The van der Waals surface area contributed by atoms with Crippen LogP contribution in [0.25, 0.3) is 22.5 Å². The van der Waals surface area contributed by atoms with Gasteiger partial charge in [0, 0.05) is 86.5 Å². The number of anilines is 6. The van der Waals surface area contributed by atoms with Crippen molar-refractivity contribution >= 4 is 95.2 Å². The number of Topliss-reactive ketones (excluding diaryl/α,β-unsaturated/α-hetero) is 1. The van der Waals surface area contributed by atoms with Gasteiger partial charge in [-0.2, -0.15) is 10.2 Å². The molecule has 24 nitrogen and oxygen atoms in total. The molecule has 512 valence electrons. The maximum atomic E-state index is 14.0. The predicted octanol–water partition coefficient (Wildman–Crippen LogP) is 13.9. The highest BCUT2D eigenvalue weighted by Crippen LogP contribution is 2.44. The largest absolute Gasteiger partial charge is 0.477 e. The summed E-state index contributed by atoms with van der Waals surface area (Å²) in [6, 6.07) is 28.0. The summed E-state index contributed by atoms with van der Waals surface area (Å²) in [5.41, 5.74) is 7.73. The maximum absolute atomic E-state index is 14.0. The van der Waals surface area contributed by atoms with Gasteiger partial charge in [-0.15, -0.1) is 22.7 Å². The Kier molecular flexibility index (Phi) is 20.8. The van der Waals surface area contributed by atoms with E-state index in [4.69, 9.17) is 14.8 Å². The summed E-state index contributed by atoms with van der Waals surface area (Å²) in [5, 5.41) is 27.9. The number of aromatic carboxylic acids is 1. The second kappa shape index (κ2) is 28.7. The monoisotopic (exact) mass is 1400 g/mol. The number of nitrogens with zero attached hydrogens (tertiary/aromatic N) is 12. The molecule has 0 aliphatic carbocycles. The fourth-order valence-electron chi connectivity index (χ4n) is 10.7. The van der Waals surface area contributed by atoms with Crippen molar-refractivity contribution in [2.24, 2.45) is 14.1 Å². The number of ketones is 1. The van der Waals surface area contributed by atoms with Crippen molar-refractivity contribution in [2.75, 3.05) is 32.3 Å². The molecule has 0 radical (unpaired) electrons. The van der Waals surface area contributed by atoms with E-state index in [1.165, 1.54) is 37.5 Å². The fraction of sp³-hybridized carbons (Fsp3) is 0.329. The molecular weight excluding hydrogens is 1320 g/mol. The van der Waals surface area contributed by atoms with Crippen molar-refractivity contribution in [1.29, 1.82) is 0 Å². The zero-order chi connectivity index (χ0) is 70.6. The van der Waals surface area contributed by atoms with Crippen molar-refractivity contribution in [1.82, 2.24) is 54.8 Å². The number of carboxylic acids is 1. The van der Waals surface area contributed by atoms with Crippen LogP contribution in [-0.2, 0) is 49.7 Å². The Morgan fingerprint density at radius 3 is 1.46 bits per heavy atom. The van der Waals surface area contributed by atoms with Crippen LogP contribution in [0.4, 0.5) is 39.4 Å². The summed E-state index contributed by atoms with van der Waals surface area (Å²) in [6.45, 7) is 21.9. The zero-order valence-electron chi connectivity index (χ0n) is 56.8. The Bertz CT molecular complexity index is 4780. The van der Waals surface area contributed by atoms with Crippen molar-refractivity contribution in [3.05, 3.63) is 189 Å². The van der Waals surface area contributed by atoms with Gasteiger partial charge in [-0.25, -0.2) is 56.3 Å². The molecule has 28 heteroatoms. The second-order valence-corrected chi connectivity index (χ2v) is 32.7. The maximum Gasteiger partial charge on any atom is 0.408 e. The lowest BCUT2D eigenvalue weighted by Crippen LogP contribution is -2.42. The summed E-state index contributed by atoms with van der Waals surface area (Å²) < 4.78 is 67.5. The Hall–Kier alpha value is -9.77. The molecule has 0 fully saturated rings. The number of alkyl carbamates (subject to hydrolysis) is 1. The van der Waals surface area contributed by atoms with Crippen molar-refractivity contribution in [3.63, 3.8) is 0 Å². The molecular formula is C70H79N15O9S4. The average Bonchev–Trinajstić information content (AvgIpc) is 0.934. The minimum atomic E-state index is -3.88. The van der Waals surface area contributed by atoms with Crippen LogP contribution in [0.5, 0.6) is 0 Å².